The average Bonchev–Trinajstić information content (AvgIpc) is 3.20. The van der Waals surface area contributed by atoms with Gasteiger partial charge in [-0.1, -0.05) is 60.7 Å². The Balaban J connectivity index is 1.67. The van der Waals surface area contributed by atoms with Gasteiger partial charge < -0.3 is 0 Å². The highest BCUT2D eigenvalue weighted by Crippen LogP contribution is 2.33. The number of hydrogen-bond donors (Lipinski definition) is 2. The number of aromatic nitrogens is 3. The van der Waals surface area contributed by atoms with Gasteiger partial charge in [0.25, 0.3) is 5.91 Å². The summed E-state index contributed by atoms with van der Waals surface area (Å²) in [5, 5.41) is 0.788. The third-order valence-corrected chi connectivity index (χ3v) is 4.86. The van der Waals surface area contributed by atoms with E-state index in [2.05, 4.69) is 20.8 Å². The van der Waals surface area contributed by atoms with Crippen molar-refractivity contribution in [2.45, 2.75) is 0 Å². The zero-order chi connectivity index (χ0) is 18.5. The maximum absolute atomic E-state index is 12.8. The molecule has 0 aliphatic rings. The zero-order valence-corrected chi connectivity index (χ0v) is 15.0. The molecule has 7 heteroatoms. The van der Waals surface area contributed by atoms with Crippen molar-refractivity contribution in [2.24, 2.45) is 0 Å². The standard InChI is InChI=1S/C20H15N5OS/c26-18(24-25-20-21-12-7-13-22-20)17-16(14-8-3-1-4-9-14)23-19(27-17)15-10-5-2-6-11-15/h1-13H,(H,24,26)(H,21,22,25). The lowest BCUT2D eigenvalue weighted by molar-refractivity contribution is 0.0966. The summed E-state index contributed by atoms with van der Waals surface area (Å²) in [5.74, 6) is 0.0286. The number of anilines is 1. The second-order valence-corrected chi connectivity index (χ2v) is 6.58. The number of carbonyl (C=O) groups excluding carboxylic acids is 1. The van der Waals surface area contributed by atoms with E-state index in [9.17, 15) is 4.79 Å². The number of amides is 1. The molecule has 0 bridgehead atoms. The summed E-state index contributed by atoms with van der Waals surface area (Å²) in [6.45, 7) is 0. The van der Waals surface area contributed by atoms with Crippen molar-refractivity contribution in [1.82, 2.24) is 20.4 Å². The topological polar surface area (TPSA) is 79.8 Å². The van der Waals surface area contributed by atoms with Crippen LogP contribution >= 0.6 is 11.3 Å². The van der Waals surface area contributed by atoms with E-state index in [-0.39, 0.29) is 5.91 Å². The van der Waals surface area contributed by atoms with Crippen LogP contribution in [0.2, 0.25) is 0 Å². The van der Waals surface area contributed by atoms with Crippen LogP contribution in [0.3, 0.4) is 0 Å². The van der Waals surface area contributed by atoms with Crippen LogP contribution < -0.4 is 10.9 Å². The lowest BCUT2D eigenvalue weighted by atomic mass is 10.1. The van der Waals surface area contributed by atoms with Gasteiger partial charge in [0.2, 0.25) is 5.95 Å². The van der Waals surface area contributed by atoms with Gasteiger partial charge in [-0.3, -0.25) is 15.6 Å². The number of hydrogen-bond acceptors (Lipinski definition) is 6. The Hall–Kier alpha value is -3.58. The molecule has 0 fully saturated rings. The second-order valence-electron chi connectivity index (χ2n) is 5.58. The van der Waals surface area contributed by atoms with Crippen LogP contribution in [0.25, 0.3) is 21.8 Å². The van der Waals surface area contributed by atoms with Crippen LogP contribution in [-0.2, 0) is 0 Å². The summed E-state index contributed by atoms with van der Waals surface area (Å²) in [5.41, 5.74) is 7.88. The molecule has 4 rings (SSSR count). The first kappa shape index (κ1) is 16.9. The molecule has 4 aromatic rings. The number of carbonyl (C=O) groups is 1. The molecule has 0 saturated heterocycles. The highest BCUT2D eigenvalue weighted by Gasteiger charge is 2.20. The van der Waals surface area contributed by atoms with Crippen molar-refractivity contribution in [1.29, 1.82) is 0 Å². The Morgan fingerprint density at radius 3 is 2.11 bits per heavy atom. The van der Waals surface area contributed by atoms with E-state index in [1.165, 1.54) is 11.3 Å². The lowest BCUT2D eigenvalue weighted by Crippen LogP contribution is -2.30. The molecule has 2 heterocycles. The third kappa shape index (κ3) is 3.83. The van der Waals surface area contributed by atoms with E-state index >= 15 is 0 Å². The maximum Gasteiger partial charge on any atom is 0.282 e. The van der Waals surface area contributed by atoms with Crippen molar-refractivity contribution >= 4 is 23.2 Å². The molecular formula is C20H15N5OS. The average molecular weight is 373 g/mol. The minimum absolute atomic E-state index is 0.291. The Labute approximate surface area is 159 Å². The summed E-state index contributed by atoms with van der Waals surface area (Å²) < 4.78 is 0. The zero-order valence-electron chi connectivity index (χ0n) is 14.2. The molecule has 0 aliphatic heterocycles. The third-order valence-electron chi connectivity index (χ3n) is 3.75. The predicted molar refractivity (Wildman–Crippen MR) is 106 cm³/mol. The van der Waals surface area contributed by atoms with Gasteiger partial charge in [-0.15, -0.1) is 11.3 Å². The monoisotopic (exact) mass is 373 g/mol. The molecule has 0 saturated carbocycles. The van der Waals surface area contributed by atoms with Gasteiger partial charge in [0, 0.05) is 23.5 Å². The molecule has 0 unspecified atom stereocenters. The van der Waals surface area contributed by atoms with E-state index in [0.29, 0.717) is 16.5 Å². The van der Waals surface area contributed by atoms with E-state index < -0.39 is 0 Å². The summed E-state index contributed by atoms with van der Waals surface area (Å²) in [6.07, 6.45) is 3.19. The van der Waals surface area contributed by atoms with Gasteiger partial charge in [0.05, 0.1) is 5.69 Å². The van der Waals surface area contributed by atoms with Crippen molar-refractivity contribution in [2.75, 3.05) is 5.43 Å². The first-order valence-electron chi connectivity index (χ1n) is 8.26. The quantitative estimate of drug-likeness (QED) is 0.517. The maximum atomic E-state index is 12.8. The first-order chi connectivity index (χ1) is 13.3. The Morgan fingerprint density at radius 2 is 1.44 bits per heavy atom. The number of nitrogens with one attached hydrogen (secondary N) is 2. The molecule has 0 spiro atoms. The lowest BCUT2D eigenvalue weighted by Gasteiger charge is -2.06. The fraction of sp³-hybridized carbons (Fsp3) is 0. The van der Waals surface area contributed by atoms with Crippen molar-refractivity contribution in [3.8, 4) is 21.8 Å². The number of hydrazine groups is 1. The van der Waals surface area contributed by atoms with Gasteiger partial charge in [0.15, 0.2) is 0 Å². The molecule has 0 radical (unpaired) electrons. The highest BCUT2D eigenvalue weighted by atomic mass is 32.1. The molecule has 0 aliphatic carbocycles. The molecule has 27 heavy (non-hydrogen) atoms. The number of nitrogens with zero attached hydrogens (tertiary/aromatic N) is 3. The number of thiazole rings is 1. The predicted octanol–water partition coefficient (Wildman–Crippen LogP) is 4.02. The molecule has 2 aromatic carbocycles. The van der Waals surface area contributed by atoms with Gasteiger partial charge in [-0.25, -0.2) is 15.0 Å². The molecule has 0 atom stereocenters. The van der Waals surface area contributed by atoms with Crippen LogP contribution in [0.5, 0.6) is 0 Å². The SMILES string of the molecule is O=C(NNc1ncccn1)c1sc(-c2ccccc2)nc1-c1ccccc1. The van der Waals surface area contributed by atoms with Crippen molar-refractivity contribution in [3.63, 3.8) is 0 Å². The molecule has 132 valence electrons. The van der Waals surface area contributed by atoms with E-state index in [4.69, 9.17) is 4.98 Å². The van der Waals surface area contributed by atoms with Crippen molar-refractivity contribution in [3.05, 3.63) is 84.0 Å². The number of benzene rings is 2. The fourth-order valence-electron chi connectivity index (χ4n) is 2.50. The van der Waals surface area contributed by atoms with E-state index in [1.54, 1.807) is 18.5 Å². The second kappa shape index (κ2) is 7.76. The van der Waals surface area contributed by atoms with Crippen LogP contribution in [0, 0.1) is 0 Å². The Bertz CT molecular complexity index is 1040. The summed E-state index contributed by atoms with van der Waals surface area (Å²) in [4.78, 5) is 26.1. The minimum Gasteiger partial charge on any atom is -0.266 e. The van der Waals surface area contributed by atoms with Crippen LogP contribution in [0.1, 0.15) is 9.67 Å². The Kier molecular flexibility index (Phi) is 4.84. The molecule has 1 amide bonds. The van der Waals surface area contributed by atoms with Crippen LogP contribution in [0.15, 0.2) is 79.1 Å². The number of rotatable bonds is 5. The minimum atomic E-state index is -0.291. The van der Waals surface area contributed by atoms with Gasteiger partial charge >= 0.3 is 0 Å². The van der Waals surface area contributed by atoms with Gasteiger partial charge in [-0.05, 0) is 6.07 Å². The molecule has 6 nitrogen and oxygen atoms in total. The molecule has 2 aromatic heterocycles. The smallest absolute Gasteiger partial charge is 0.266 e. The fourth-order valence-corrected chi connectivity index (χ4v) is 3.49. The van der Waals surface area contributed by atoms with Crippen molar-refractivity contribution < 1.29 is 4.79 Å². The summed E-state index contributed by atoms with van der Waals surface area (Å²) in [7, 11) is 0. The Morgan fingerprint density at radius 1 is 0.815 bits per heavy atom. The molecular weight excluding hydrogens is 358 g/mol. The van der Waals surface area contributed by atoms with Crippen LogP contribution in [0.4, 0.5) is 5.95 Å². The van der Waals surface area contributed by atoms with Gasteiger partial charge in [-0.2, -0.15) is 0 Å². The largest absolute Gasteiger partial charge is 0.282 e. The normalized spacial score (nSPS) is 10.4. The van der Waals surface area contributed by atoms with E-state index in [0.717, 1.165) is 16.1 Å². The van der Waals surface area contributed by atoms with Gasteiger partial charge in [0.1, 0.15) is 9.88 Å². The summed E-state index contributed by atoms with van der Waals surface area (Å²) >= 11 is 1.35. The first-order valence-corrected chi connectivity index (χ1v) is 9.08. The van der Waals surface area contributed by atoms with E-state index in [1.807, 2.05) is 60.7 Å². The van der Waals surface area contributed by atoms with Crippen LogP contribution in [-0.4, -0.2) is 20.9 Å². The highest BCUT2D eigenvalue weighted by molar-refractivity contribution is 7.17. The summed E-state index contributed by atoms with van der Waals surface area (Å²) in [6, 6.07) is 21.2. The molecule has 2 N–H and O–H groups in total.